The molecule has 1 aliphatic rings. The molecule has 2 heterocycles. The van der Waals surface area contributed by atoms with Crippen LogP contribution in [0.15, 0.2) is 52.1 Å². The molecule has 2 aromatic carbocycles. The molecule has 0 atom stereocenters. The summed E-state index contributed by atoms with van der Waals surface area (Å²) in [6.07, 6.45) is 0. The monoisotopic (exact) mass is 367 g/mol. The highest BCUT2D eigenvalue weighted by atomic mass is 16.5. The van der Waals surface area contributed by atoms with Gasteiger partial charge in [0, 0.05) is 16.5 Å². The summed E-state index contributed by atoms with van der Waals surface area (Å²) in [6, 6.07) is 13.3. The van der Waals surface area contributed by atoms with E-state index in [-0.39, 0.29) is 5.41 Å². The number of nitrogens with zero attached hydrogens (tertiary/aromatic N) is 2. The molecule has 1 fully saturated rings. The highest BCUT2D eigenvalue weighted by Crippen LogP contribution is 2.33. The van der Waals surface area contributed by atoms with E-state index in [2.05, 4.69) is 22.6 Å². The van der Waals surface area contributed by atoms with E-state index in [9.17, 15) is 0 Å². The fourth-order valence-corrected chi connectivity index (χ4v) is 3.01. The average Bonchev–Trinajstić information content (AvgIpc) is 3.09. The molecular weight excluding hydrogens is 346 g/mol. The number of fused-ring (bicyclic) bond motifs is 1. The van der Waals surface area contributed by atoms with Gasteiger partial charge >= 0.3 is 0 Å². The lowest BCUT2D eigenvalue weighted by atomic mass is 9.90. The van der Waals surface area contributed by atoms with Gasteiger partial charge in [0.2, 0.25) is 0 Å². The van der Waals surface area contributed by atoms with Crippen LogP contribution in [0.2, 0.25) is 0 Å². The van der Waals surface area contributed by atoms with Crippen molar-refractivity contribution in [2.45, 2.75) is 6.92 Å². The van der Waals surface area contributed by atoms with Crippen LogP contribution in [0, 0.1) is 5.41 Å². The van der Waals surface area contributed by atoms with Gasteiger partial charge in [0.25, 0.3) is 0 Å². The van der Waals surface area contributed by atoms with Crippen molar-refractivity contribution in [1.82, 2.24) is 10.6 Å². The Morgan fingerprint density at radius 1 is 1.30 bits per heavy atom. The number of nitrogens with two attached hydrogens (primary N) is 2. The van der Waals surface area contributed by atoms with Crippen LogP contribution in [0.25, 0.3) is 22.2 Å². The number of hydrogen-bond acceptors (Lipinski definition) is 7. The maximum absolute atomic E-state index is 5.96. The zero-order valence-electron chi connectivity index (χ0n) is 14.9. The summed E-state index contributed by atoms with van der Waals surface area (Å²) < 4.78 is 16.8. The first-order chi connectivity index (χ1) is 13.1. The molecule has 0 aliphatic carbocycles. The maximum atomic E-state index is 5.96. The molecule has 140 valence electrons. The lowest BCUT2D eigenvalue weighted by Gasteiger charge is -2.37. The molecule has 1 saturated heterocycles. The minimum absolute atomic E-state index is 0.0804. The van der Waals surface area contributed by atoms with Crippen molar-refractivity contribution in [1.29, 1.82) is 0 Å². The van der Waals surface area contributed by atoms with Crippen LogP contribution in [-0.4, -0.2) is 30.8 Å². The molecule has 0 amide bonds. The average molecular weight is 367 g/mol. The van der Waals surface area contributed by atoms with Gasteiger partial charge in [-0.2, -0.15) is 5.10 Å². The van der Waals surface area contributed by atoms with E-state index in [4.69, 9.17) is 25.7 Å². The molecule has 0 spiro atoms. The Bertz CT molecular complexity index is 994. The van der Waals surface area contributed by atoms with E-state index >= 15 is 0 Å². The molecule has 4 rings (SSSR count). The van der Waals surface area contributed by atoms with Gasteiger partial charge in [0.1, 0.15) is 11.3 Å². The summed E-state index contributed by atoms with van der Waals surface area (Å²) in [4.78, 5) is 0. The van der Waals surface area contributed by atoms with Crippen LogP contribution in [0.3, 0.4) is 0 Å². The fraction of sp³-hybridized carbons (Fsp3) is 0.263. The smallest absolute Gasteiger partial charge is 0.174 e. The summed E-state index contributed by atoms with van der Waals surface area (Å²) >= 11 is 0. The standard InChI is InChI=1S/C19H21N5O3/c1-19(9-25-10-19)11-26-14-4-2-3-12(7-14)17-15-8-13(18(22-20)23-21)5-6-16(15)24-27-17/h2-8H,9-11,20-21H2,1H3,(H,22,23). The molecular formula is C19H21N5O3. The Balaban J connectivity index is 1.65. The Kier molecular flexibility index (Phi) is 4.43. The topological polar surface area (TPSA) is 121 Å². The first kappa shape index (κ1) is 17.3. The molecule has 0 unspecified atom stereocenters. The number of nitrogens with one attached hydrogen (secondary N) is 1. The van der Waals surface area contributed by atoms with E-state index in [1.807, 2.05) is 42.5 Å². The number of rotatable bonds is 5. The van der Waals surface area contributed by atoms with Gasteiger partial charge in [-0.1, -0.05) is 24.2 Å². The van der Waals surface area contributed by atoms with E-state index in [1.165, 1.54) is 0 Å². The fourth-order valence-electron chi connectivity index (χ4n) is 3.01. The highest BCUT2D eigenvalue weighted by Gasteiger charge is 2.34. The Hall–Kier alpha value is -3.10. The van der Waals surface area contributed by atoms with Crippen LogP contribution in [0.5, 0.6) is 5.75 Å². The normalized spacial score (nSPS) is 16.1. The summed E-state index contributed by atoms with van der Waals surface area (Å²) in [5, 5.41) is 8.61. The molecule has 27 heavy (non-hydrogen) atoms. The van der Waals surface area contributed by atoms with E-state index in [0.717, 1.165) is 41.0 Å². The first-order valence-corrected chi connectivity index (χ1v) is 8.57. The number of aromatic nitrogens is 1. The van der Waals surface area contributed by atoms with E-state index < -0.39 is 0 Å². The number of benzene rings is 2. The molecule has 8 nitrogen and oxygen atoms in total. The summed E-state index contributed by atoms with van der Waals surface area (Å²) in [7, 11) is 0. The molecule has 0 saturated carbocycles. The largest absolute Gasteiger partial charge is 0.493 e. The van der Waals surface area contributed by atoms with Crippen LogP contribution in [0.4, 0.5) is 0 Å². The van der Waals surface area contributed by atoms with Gasteiger partial charge in [-0.15, -0.1) is 0 Å². The quantitative estimate of drug-likeness (QED) is 0.273. The molecule has 1 aliphatic heterocycles. The molecule has 1 aromatic heterocycles. The predicted molar refractivity (Wildman–Crippen MR) is 102 cm³/mol. The van der Waals surface area contributed by atoms with Crippen molar-refractivity contribution in [2.75, 3.05) is 19.8 Å². The summed E-state index contributed by atoms with van der Waals surface area (Å²) in [5.74, 6) is 12.6. The van der Waals surface area contributed by atoms with Gasteiger partial charge in [0.05, 0.1) is 25.2 Å². The van der Waals surface area contributed by atoms with Crippen molar-refractivity contribution >= 4 is 16.7 Å². The minimum Gasteiger partial charge on any atom is -0.493 e. The van der Waals surface area contributed by atoms with Crippen LogP contribution >= 0.6 is 0 Å². The van der Waals surface area contributed by atoms with Crippen LogP contribution in [0.1, 0.15) is 12.5 Å². The van der Waals surface area contributed by atoms with Gasteiger partial charge in [-0.3, -0.25) is 0 Å². The summed E-state index contributed by atoms with van der Waals surface area (Å²) in [5.41, 5.74) is 4.90. The van der Waals surface area contributed by atoms with Crippen molar-refractivity contribution < 1.29 is 14.0 Å². The van der Waals surface area contributed by atoms with Gasteiger partial charge in [-0.05, 0) is 30.3 Å². The Labute approximate surface area is 156 Å². The third-order valence-corrected chi connectivity index (χ3v) is 4.60. The number of hydrazine groups is 1. The molecule has 0 radical (unpaired) electrons. The SMILES string of the molecule is CC1(COc2cccc(-c3onc4ccc(/C(=N/N)NN)cc34)c2)COC1. The minimum atomic E-state index is 0.0804. The number of hydrogen-bond donors (Lipinski definition) is 3. The van der Waals surface area contributed by atoms with Crippen LogP contribution in [-0.2, 0) is 4.74 Å². The number of amidine groups is 1. The third kappa shape index (κ3) is 3.32. The van der Waals surface area contributed by atoms with E-state index in [1.54, 1.807) is 0 Å². The van der Waals surface area contributed by atoms with Crippen molar-refractivity contribution in [3.8, 4) is 17.1 Å². The van der Waals surface area contributed by atoms with Crippen molar-refractivity contribution in [3.05, 3.63) is 48.0 Å². The molecule has 0 bridgehead atoms. The maximum Gasteiger partial charge on any atom is 0.174 e. The van der Waals surface area contributed by atoms with Gasteiger partial charge in [0.15, 0.2) is 11.6 Å². The zero-order valence-corrected chi connectivity index (χ0v) is 14.9. The lowest BCUT2D eigenvalue weighted by Crippen LogP contribution is -2.44. The second-order valence-corrected chi connectivity index (χ2v) is 6.99. The van der Waals surface area contributed by atoms with E-state index in [0.29, 0.717) is 18.2 Å². The molecule has 5 N–H and O–H groups in total. The lowest BCUT2D eigenvalue weighted by molar-refractivity contribution is -0.120. The van der Waals surface area contributed by atoms with Crippen molar-refractivity contribution in [3.63, 3.8) is 0 Å². The zero-order chi connectivity index (χ0) is 18.9. The Morgan fingerprint density at radius 3 is 2.85 bits per heavy atom. The first-order valence-electron chi connectivity index (χ1n) is 8.57. The predicted octanol–water partition coefficient (Wildman–Crippen LogP) is 1.99. The van der Waals surface area contributed by atoms with Crippen LogP contribution < -0.4 is 21.8 Å². The Morgan fingerprint density at radius 2 is 2.15 bits per heavy atom. The number of ether oxygens (including phenoxy) is 2. The second-order valence-electron chi connectivity index (χ2n) is 6.99. The van der Waals surface area contributed by atoms with Gasteiger partial charge in [-0.25, -0.2) is 5.84 Å². The molecule has 3 aromatic rings. The third-order valence-electron chi connectivity index (χ3n) is 4.60. The summed E-state index contributed by atoms with van der Waals surface area (Å²) in [6.45, 7) is 4.20. The number of hydrazone groups is 1. The molecule has 8 heteroatoms. The van der Waals surface area contributed by atoms with Crippen molar-refractivity contribution in [2.24, 2.45) is 22.2 Å². The van der Waals surface area contributed by atoms with Gasteiger partial charge < -0.3 is 25.3 Å². The highest BCUT2D eigenvalue weighted by molar-refractivity contribution is 6.03. The second kappa shape index (κ2) is 6.90.